The van der Waals surface area contributed by atoms with Crippen molar-refractivity contribution < 1.29 is 8.78 Å². The molecule has 2 unspecified atom stereocenters. The Morgan fingerprint density at radius 3 is 2.79 bits per heavy atom. The van der Waals surface area contributed by atoms with E-state index in [0.717, 1.165) is 11.5 Å². The van der Waals surface area contributed by atoms with Gasteiger partial charge in [-0.2, -0.15) is 0 Å². The molecule has 106 valence electrons. The van der Waals surface area contributed by atoms with Gasteiger partial charge in [-0.05, 0) is 30.4 Å². The maximum absolute atomic E-state index is 12.6. The second-order valence-electron chi connectivity index (χ2n) is 5.49. The minimum Gasteiger partial charge on any atom is -0.310 e. The van der Waals surface area contributed by atoms with Gasteiger partial charge >= 0.3 is 0 Å². The molecule has 0 aliphatic heterocycles. The van der Waals surface area contributed by atoms with E-state index in [1.807, 2.05) is 6.07 Å². The molecule has 1 N–H and O–H groups in total. The third-order valence-electron chi connectivity index (χ3n) is 4.20. The van der Waals surface area contributed by atoms with Crippen molar-refractivity contribution in [2.45, 2.75) is 58.0 Å². The SMILES string of the molecule is CCC1CCCCC1NCc1cccc(C(F)F)c1. The zero-order valence-electron chi connectivity index (χ0n) is 11.5. The van der Waals surface area contributed by atoms with E-state index in [-0.39, 0.29) is 5.56 Å². The van der Waals surface area contributed by atoms with Crippen LogP contribution in [0.1, 0.15) is 56.6 Å². The molecule has 1 aliphatic rings. The average molecular weight is 267 g/mol. The molecule has 1 fully saturated rings. The summed E-state index contributed by atoms with van der Waals surface area (Å²) in [7, 11) is 0. The molecule has 0 radical (unpaired) electrons. The van der Waals surface area contributed by atoms with Crippen LogP contribution >= 0.6 is 0 Å². The molecule has 2 rings (SSSR count). The molecule has 1 aliphatic carbocycles. The maximum atomic E-state index is 12.6. The monoisotopic (exact) mass is 267 g/mol. The minimum absolute atomic E-state index is 0.120. The van der Waals surface area contributed by atoms with Crippen LogP contribution in [0.25, 0.3) is 0 Å². The van der Waals surface area contributed by atoms with Gasteiger partial charge in [0.2, 0.25) is 0 Å². The van der Waals surface area contributed by atoms with Gasteiger partial charge < -0.3 is 5.32 Å². The predicted octanol–water partition coefficient (Wildman–Crippen LogP) is 4.68. The summed E-state index contributed by atoms with van der Waals surface area (Å²) in [5.41, 5.74) is 1.08. The second-order valence-corrected chi connectivity index (χ2v) is 5.49. The van der Waals surface area contributed by atoms with Crippen LogP contribution in [0.5, 0.6) is 0 Å². The third kappa shape index (κ3) is 4.00. The molecule has 1 aromatic carbocycles. The van der Waals surface area contributed by atoms with Crippen molar-refractivity contribution >= 4 is 0 Å². The smallest absolute Gasteiger partial charge is 0.263 e. The third-order valence-corrected chi connectivity index (χ3v) is 4.20. The van der Waals surface area contributed by atoms with Crippen LogP contribution in [0.2, 0.25) is 0 Å². The second kappa shape index (κ2) is 6.99. The summed E-state index contributed by atoms with van der Waals surface area (Å²) in [6.07, 6.45) is 3.95. The summed E-state index contributed by atoms with van der Waals surface area (Å²) < 4.78 is 25.3. The van der Waals surface area contributed by atoms with E-state index in [9.17, 15) is 8.78 Å². The first-order valence-electron chi connectivity index (χ1n) is 7.31. The van der Waals surface area contributed by atoms with Gasteiger partial charge in [0.15, 0.2) is 0 Å². The van der Waals surface area contributed by atoms with E-state index < -0.39 is 6.43 Å². The number of rotatable bonds is 5. The van der Waals surface area contributed by atoms with Crippen LogP contribution in [0.4, 0.5) is 8.78 Å². The normalized spacial score (nSPS) is 23.8. The summed E-state index contributed by atoms with van der Waals surface area (Å²) >= 11 is 0. The fraction of sp³-hybridized carbons (Fsp3) is 0.625. The Labute approximate surface area is 114 Å². The number of hydrogen-bond acceptors (Lipinski definition) is 1. The first-order chi connectivity index (χ1) is 9.20. The number of halogens is 2. The predicted molar refractivity (Wildman–Crippen MR) is 74.3 cm³/mol. The van der Waals surface area contributed by atoms with Gasteiger partial charge in [-0.3, -0.25) is 0 Å². The first kappa shape index (κ1) is 14.4. The topological polar surface area (TPSA) is 12.0 Å². The first-order valence-corrected chi connectivity index (χ1v) is 7.31. The lowest BCUT2D eigenvalue weighted by molar-refractivity contribution is 0.151. The van der Waals surface area contributed by atoms with Crippen LogP contribution in [0, 0.1) is 5.92 Å². The van der Waals surface area contributed by atoms with Crippen LogP contribution in [-0.4, -0.2) is 6.04 Å². The molecule has 0 heterocycles. The molecule has 3 heteroatoms. The number of benzene rings is 1. The minimum atomic E-state index is -2.38. The zero-order valence-corrected chi connectivity index (χ0v) is 11.5. The Hall–Kier alpha value is -0.960. The van der Waals surface area contributed by atoms with Crippen molar-refractivity contribution in [3.05, 3.63) is 35.4 Å². The van der Waals surface area contributed by atoms with E-state index in [2.05, 4.69) is 12.2 Å². The lowest BCUT2D eigenvalue weighted by Gasteiger charge is -2.31. The van der Waals surface area contributed by atoms with Crippen molar-refractivity contribution in [3.63, 3.8) is 0 Å². The summed E-state index contributed by atoms with van der Waals surface area (Å²) in [4.78, 5) is 0. The quantitative estimate of drug-likeness (QED) is 0.816. The van der Waals surface area contributed by atoms with Crippen LogP contribution in [0.15, 0.2) is 24.3 Å². The molecule has 0 saturated heterocycles. The van der Waals surface area contributed by atoms with E-state index >= 15 is 0 Å². The average Bonchev–Trinajstić information content (AvgIpc) is 2.45. The van der Waals surface area contributed by atoms with Crippen molar-refractivity contribution in [3.8, 4) is 0 Å². The van der Waals surface area contributed by atoms with Crippen molar-refractivity contribution in [2.75, 3.05) is 0 Å². The highest BCUT2D eigenvalue weighted by molar-refractivity contribution is 5.24. The van der Waals surface area contributed by atoms with E-state index in [4.69, 9.17) is 0 Å². The van der Waals surface area contributed by atoms with Gasteiger partial charge in [-0.1, -0.05) is 44.4 Å². The molecule has 1 saturated carbocycles. The maximum Gasteiger partial charge on any atom is 0.263 e. The van der Waals surface area contributed by atoms with Gasteiger partial charge in [0, 0.05) is 18.2 Å². The van der Waals surface area contributed by atoms with Crippen molar-refractivity contribution in [1.82, 2.24) is 5.32 Å². The Bertz CT molecular complexity index is 392. The van der Waals surface area contributed by atoms with Gasteiger partial charge in [0.25, 0.3) is 6.43 Å². The van der Waals surface area contributed by atoms with Crippen molar-refractivity contribution in [1.29, 1.82) is 0 Å². The molecule has 0 amide bonds. The molecule has 19 heavy (non-hydrogen) atoms. The fourth-order valence-electron chi connectivity index (χ4n) is 3.05. The van der Waals surface area contributed by atoms with E-state index in [1.54, 1.807) is 12.1 Å². The fourth-order valence-corrected chi connectivity index (χ4v) is 3.05. The Morgan fingerprint density at radius 1 is 1.26 bits per heavy atom. The molecule has 1 nitrogen and oxygen atoms in total. The summed E-state index contributed by atoms with van der Waals surface area (Å²) in [5, 5.41) is 3.56. The molecule has 2 atom stereocenters. The molecule has 0 aromatic heterocycles. The standard InChI is InChI=1S/C16H23F2N/c1-2-13-7-3-4-9-15(13)19-11-12-6-5-8-14(10-12)16(17)18/h5-6,8,10,13,15-16,19H,2-4,7,9,11H2,1H3. The Morgan fingerprint density at radius 2 is 2.05 bits per heavy atom. The summed E-state index contributed by atoms with van der Waals surface area (Å²) in [6.45, 7) is 2.93. The highest BCUT2D eigenvalue weighted by atomic mass is 19.3. The molecular formula is C16H23F2N. The number of hydrogen-bond donors (Lipinski definition) is 1. The van der Waals surface area contributed by atoms with Crippen LogP contribution in [-0.2, 0) is 6.54 Å². The summed E-state index contributed by atoms with van der Waals surface area (Å²) in [5.74, 6) is 0.743. The largest absolute Gasteiger partial charge is 0.310 e. The lowest BCUT2D eigenvalue weighted by Crippen LogP contribution is -2.37. The Kier molecular flexibility index (Phi) is 5.32. The summed E-state index contributed by atoms with van der Waals surface area (Å²) in [6, 6.07) is 7.29. The van der Waals surface area contributed by atoms with Gasteiger partial charge in [0.1, 0.15) is 0 Å². The number of alkyl halides is 2. The Balaban J connectivity index is 1.92. The van der Waals surface area contributed by atoms with Crippen LogP contribution in [0.3, 0.4) is 0 Å². The van der Waals surface area contributed by atoms with Gasteiger partial charge in [-0.25, -0.2) is 8.78 Å². The van der Waals surface area contributed by atoms with Crippen LogP contribution < -0.4 is 5.32 Å². The van der Waals surface area contributed by atoms with Gasteiger partial charge in [-0.15, -0.1) is 0 Å². The van der Waals surface area contributed by atoms with E-state index in [0.29, 0.717) is 12.6 Å². The molecule has 1 aromatic rings. The molecular weight excluding hydrogens is 244 g/mol. The molecule has 0 bridgehead atoms. The molecule has 0 spiro atoms. The highest BCUT2D eigenvalue weighted by Crippen LogP contribution is 2.27. The zero-order chi connectivity index (χ0) is 13.7. The van der Waals surface area contributed by atoms with Gasteiger partial charge in [0.05, 0.1) is 0 Å². The van der Waals surface area contributed by atoms with Crippen molar-refractivity contribution in [2.24, 2.45) is 5.92 Å². The number of nitrogens with one attached hydrogen (secondary N) is 1. The van der Waals surface area contributed by atoms with E-state index in [1.165, 1.54) is 38.2 Å². The lowest BCUT2D eigenvalue weighted by atomic mass is 9.83. The highest BCUT2D eigenvalue weighted by Gasteiger charge is 2.22.